The highest BCUT2D eigenvalue weighted by Crippen LogP contribution is 2.26. The van der Waals surface area contributed by atoms with Crippen molar-refractivity contribution < 1.29 is 24.2 Å². The van der Waals surface area contributed by atoms with Gasteiger partial charge in [-0.2, -0.15) is 0 Å². The van der Waals surface area contributed by atoms with Crippen LogP contribution in [0.3, 0.4) is 0 Å². The molecule has 2 amide bonds. The second kappa shape index (κ2) is 7.76. The fourth-order valence-electron chi connectivity index (χ4n) is 3.43. The number of likely N-dealkylation sites (N-methyl/N-ethyl adjacent to an activating group) is 1. The Morgan fingerprint density at radius 1 is 1.27 bits per heavy atom. The molecule has 1 aromatic rings. The molecule has 26 heavy (non-hydrogen) atoms. The molecule has 2 aliphatic heterocycles. The van der Waals surface area contributed by atoms with E-state index < -0.39 is 5.97 Å². The SMILES string of the molecule is CN(CC(=O)N1CCC(C(=O)O)CC1)C(=O)Cc1ccc2c(c1)CCO2. The summed E-state index contributed by atoms with van der Waals surface area (Å²) in [5, 5.41) is 9.02. The number of benzene rings is 1. The molecule has 1 fully saturated rings. The van der Waals surface area contributed by atoms with Crippen LogP contribution in [0.25, 0.3) is 0 Å². The number of aliphatic carboxylic acids is 1. The number of hydrogen-bond acceptors (Lipinski definition) is 4. The van der Waals surface area contributed by atoms with Crippen LogP contribution in [0.4, 0.5) is 0 Å². The zero-order valence-electron chi connectivity index (χ0n) is 14.9. The van der Waals surface area contributed by atoms with Gasteiger partial charge in [0.2, 0.25) is 11.8 Å². The Morgan fingerprint density at radius 3 is 2.69 bits per heavy atom. The third kappa shape index (κ3) is 4.15. The summed E-state index contributed by atoms with van der Waals surface area (Å²) in [4.78, 5) is 38.8. The molecule has 7 heteroatoms. The first-order valence-electron chi connectivity index (χ1n) is 8.93. The number of amides is 2. The summed E-state index contributed by atoms with van der Waals surface area (Å²) in [5.41, 5.74) is 2.04. The van der Waals surface area contributed by atoms with Gasteiger partial charge in [0.15, 0.2) is 0 Å². The van der Waals surface area contributed by atoms with Gasteiger partial charge >= 0.3 is 5.97 Å². The zero-order chi connectivity index (χ0) is 18.7. The summed E-state index contributed by atoms with van der Waals surface area (Å²) in [6, 6.07) is 5.77. The van der Waals surface area contributed by atoms with Gasteiger partial charge in [0, 0.05) is 26.6 Å². The minimum atomic E-state index is -0.802. The van der Waals surface area contributed by atoms with Crippen molar-refractivity contribution in [3.05, 3.63) is 29.3 Å². The summed E-state index contributed by atoms with van der Waals surface area (Å²) in [6.07, 6.45) is 2.04. The van der Waals surface area contributed by atoms with Crippen LogP contribution in [-0.2, 0) is 27.2 Å². The van der Waals surface area contributed by atoms with Gasteiger partial charge in [0.05, 0.1) is 25.5 Å². The highest BCUT2D eigenvalue weighted by molar-refractivity contribution is 5.86. The summed E-state index contributed by atoms with van der Waals surface area (Å²) in [6.45, 7) is 1.57. The number of carboxylic acids is 1. The molecule has 1 aromatic carbocycles. The van der Waals surface area contributed by atoms with Crippen molar-refractivity contribution in [2.75, 3.05) is 33.3 Å². The molecular formula is C19H24N2O5. The Morgan fingerprint density at radius 2 is 2.00 bits per heavy atom. The maximum absolute atomic E-state index is 12.4. The average Bonchev–Trinajstić information content (AvgIpc) is 3.09. The van der Waals surface area contributed by atoms with Crippen molar-refractivity contribution in [3.63, 3.8) is 0 Å². The zero-order valence-corrected chi connectivity index (χ0v) is 14.9. The first-order chi connectivity index (χ1) is 12.4. The van der Waals surface area contributed by atoms with E-state index in [9.17, 15) is 14.4 Å². The van der Waals surface area contributed by atoms with Crippen LogP contribution < -0.4 is 4.74 Å². The molecule has 0 spiro atoms. The Bertz CT molecular complexity index is 710. The topological polar surface area (TPSA) is 87.2 Å². The number of nitrogens with zero attached hydrogens (tertiary/aromatic N) is 2. The predicted octanol–water partition coefficient (Wildman–Crippen LogP) is 0.946. The quantitative estimate of drug-likeness (QED) is 0.845. The summed E-state index contributed by atoms with van der Waals surface area (Å²) in [7, 11) is 1.63. The van der Waals surface area contributed by atoms with Crippen LogP contribution in [-0.4, -0.2) is 66.0 Å². The Hall–Kier alpha value is -2.57. The van der Waals surface area contributed by atoms with Crippen molar-refractivity contribution >= 4 is 17.8 Å². The van der Waals surface area contributed by atoms with Crippen LogP contribution in [0.2, 0.25) is 0 Å². The van der Waals surface area contributed by atoms with Gasteiger partial charge in [-0.25, -0.2) is 0 Å². The predicted molar refractivity (Wildman–Crippen MR) is 93.9 cm³/mol. The van der Waals surface area contributed by atoms with Crippen molar-refractivity contribution in [2.24, 2.45) is 5.92 Å². The largest absolute Gasteiger partial charge is 0.493 e. The minimum absolute atomic E-state index is 0.0185. The molecule has 2 aliphatic rings. The van der Waals surface area contributed by atoms with Gasteiger partial charge in [0.1, 0.15) is 5.75 Å². The highest BCUT2D eigenvalue weighted by atomic mass is 16.5. The number of piperidine rings is 1. The fraction of sp³-hybridized carbons (Fsp3) is 0.526. The molecule has 0 aliphatic carbocycles. The molecule has 1 N–H and O–H groups in total. The van der Waals surface area contributed by atoms with Gasteiger partial charge in [-0.15, -0.1) is 0 Å². The van der Waals surface area contributed by atoms with Gasteiger partial charge in [-0.1, -0.05) is 12.1 Å². The molecule has 0 radical (unpaired) electrons. The molecular weight excluding hydrogens is 336 g/mol. The second-order valence-electron chi connectivity index (χ2n) is 6.96. The lowest BCUT2D eigenvalue weighted by Gasteiger charge is -2.31. The molecule has 0 bridgehead atoms. The standard InChI is InChI=1S/C19H24N2O5/c1-20(12-18(23)21-7-4-14(5-8-21)19(24)25)17(22)11-13-2-3-16-15(10-13)6-9-26-16/h2-3,10,14H,4-9,11-12H2,1H3,(H,24,25). The van der Waals surface area contributed by atoms with Crippen molar-refractivity contribution in [1.29, 1.82) is 0 Å². The summed E-state index contributed by atoms with van der Waals surface area (Å²) < 4.78 is 5.47. The number of ether oxygens (including phenoxy) is 1. The highest BCUT2D eigenvalue weighted by Gasteiger charge is 2.28. The molecule has 3 rings (SSSR count). The van der Waals surface area contributed by atoms with Crippen molar-refractivity contribution in [1.82, 2.24) is 9.80 Å². The molecule has 7 nitrogen and oxygen atoms in total. The van der Waals surface area contributed by atoms with E-state index in [1.54, 1.807) is 11.9 Å². The Balaban J connectivity index is 1.49. The summed E-state index contributed by atoms with van der Waals surface area (Å²) >= 11 is 0. The molecule has 0 aromatic heterocycles. The molecule has 1 saturated heterocycles. The fourth-order valence-corrected chi connectivity index (χ4v) is 3.43. The molecule has 0 saturated carbocycles. The van der Waals surface area contributed by atoms with E-state index in [1.807, 2.05) is 18.2 Å². The van der Waals surface area contributed by atoms with Gasteiger partial charge < -0.3 is 19.6 Å². The second-order valence-corrected chi connectivity index (χ2v) is 6.96. The average molecular weight is 360 g/mol. The van der Waals surface area contributed by atoms with E-state index >= 15 is 0 Å². The van der Waals surface area contributed by atoms with Crippen LogP contribution in [0.5, 0.6) is 5.75 Å². The number of likely N-dealkylation sites (tertiary alicyclic amines) is 1. The van der Waals surface area contributed by atoms with Crippen molar-refractivity contribution in [2.45, 2.75) is 25.7 Å². The summed E-state index contributed by atoms with van der Waals surface area (Å²) in [5.74, 6) is -0.537. The lowest BCUT2D eigenvalue weighted by molar-refractivity contribution is -0.146. The maximum atomic E-state index is 12.4. The third-order valence-electron chi connectivity index (χ3n) is 5.10. The molecule has 0 atom stereocenters. The lowest BCUT2D eigenvalue weighted by Crippen LogP contribution is -2.45. The van der Waals surface area contributed by atoms with E-state index in [0.717, 1.165) is 23.3 Å². The van der Waals surface area contributed by atoms with E-state index in [2.05, 4.69) is 0 Å². The van der Waals surface area contributed by atoms with Gasteiger partial charge in [-0.05, 0) is 30.0 Å². The van der Waals surface area contributed by atoms with Gasteiger partial charge in [0.25, 0.3) is 0 Å². The lowest BCUT2D eigenvalue weighted by atomic mass is 9.97. The number of carboxylic acid groups (broad SMARTS) is 1. The van der Waals surface area contributed by atoms with E-state index in [0.29, 0.717) is 32.5 Å². The minimum Gasteiger partial charge on any atom is -0.493 e. The number of carbonyl (C=O) groups excluding carboxylic acids is 2. The number of hydrogen-bond donors (Lipinski definition) is 1. The molecule has 140 valence electrons. The smallest absolute Gasteiger partial charge is 0.306 e. The normalized spacial score (nSPS) is 16.7. The first-order valence-corrected chi connectivity index (χ1v) is 8.93. The molecule has 2 heterocycles. The number of carbonyl (C=O) groups is 3. The van der Waals surface area contributed by atoms with E-state index in [1.165, 1.54) is 4.90 Å². The van der Waals surface area contributed by atoms with Crippen LogP contribution in [0.15, 0.2) is 18.2 Å². The van der Waals surface area contributed by atoms with E-state index in [4.69, 9.17) is 9.84 Å². The Kier molecular flexibility index (Phi) is 5.44. The van der Waals surface area contributed by atoms with Crippen LogP contribution >= 0.6 is 0 Å². The monoisotopic (exact) mass is 360 g/mol. The van der Waals surface area contributed by atoms with Crippen LogP contribution in [0, 0.1) is 5.92 Å². The Labute approximate surface area is 152 Å². The van der Waals surface area contributed by atoms with Crippen molar-refractivity contribution in [3.8, 4) is 5.75 Å². The number of fused-ring (bicyclic) bond motifs is 1. The van der Waals surface area contributed by atoms with Gasteiger partial charge in [-0.3, -0.25) is 14.4 Å². The van der Waals surface area contributed by atoms with E-state index in [-0.39, 0.29) is 30.7 Å². The maximum Gasteiger partial charge on any atom is 0.306 e. The first kappa shape index (κ1) is 18.2. The van der Waals surface area contributed by atoms with Crippen LogP contribution in [0.1, 0.15) is 24.0 Å². The third-order valence-corrected chi connectivity index (χ3v) is 5.10. The number of rotatable bonds is 5. The molecule has 0 unspecified atom stereocenters.